The predicted molar refractivity (Wildman–Crippen MR) is 126 cm³/mol. The number of benzene rings is 2. The van der Waals surface area contributed by atoms with Gasteiger partial charge in [-0.25, -0.2) is 0 Å². The fraction of sp³-hybridized carbons (Fsp3) is 0.357. The Hall–Kier alpha value is -3.34. The van der Waals surface area contributed by atoms with Crippen molar-refractivity contribution in [3.63, 3.8) is 0 Å². The van der Waals surface area contributed by atoms with Gasteiger partial charge in [0, 0.05) is 41.3 Å². The van der Waals surface area contributed by atoms with E-state index in [4.69, 9.17) is 9.47 Å². The van der Waals surface area contributed by atoms with Gasteiger partial charge in [0.25, 0.3) is 0 Å². The molecule has 1 N–H and O–H groups in total. The molecule has 5 nitrogen and oxygen atoms in total. The van der Waals surface area contributed by atoms with Gasteiger partial charge in [0.15, 0.2) is 23.1 Å². The maximum Gasteiger partial charge on any atom is 0.161 e. The molecule has 33 heavy (non-hydrogen) atoms. The number of ether oxygens (including phenoxy) is 2. The number of aryl methyl sites for hydroxylation is 1. The minimum Gasteiger partial charge on any atom is -0.493 e. The Kier molecular flexibility index (Phi) is 5.79. The van der Waals surface area contributed by atoms with Gasteiger partial charge in [-0.05, 0) is 55.9 Å². The van der Waals surface area contributed by atoms with E-state index in [1.807, 2.05) is 18.2 Å². The molecule has 0 saturated heterocycles. The lowest BCUT2D eigenvalue weighted by Crippen LogP contribution is -2.36. The first kappa shape index (κ1) is 21.5. The molecule has 2 aromatic rings. The number of nitrogens with one attached hydrogen (secondary N) is 1. The molecule has 0 spiro atoms. The second kappa shape index (κ2) is 8.89. The molecule has 3 aliphatic rings. The number of dihydropyridines is 1. The molecular formula is C28H29NO4. The zero-order valence-corrected chi connectivity index (χ0v) is 19.2. The van der Waals surface area contributed by atoms with Crippen molar-refractivity contribution in [2.75, 3.05) is 7.11 Å². The summed E-state index contributed by atoms with van der Waals surface area (Å²) < 4.78 is 11.7. The molecular weight excluding hydrogens is 414 g/mol. The molecule has 0 fully saturated rings. The van der Waals surface area contributed by atoms with Gasteiger partial charge in [0.05, 0.1) is 7.11 Å². The monoisotopic (exact) mass is 443 g/mol. The quantitative estimate of drug-likeness (QED) is 0.681. The first-order valence-electron chi connectivity index (χ1n) is 11.7. The minimum atomic E-state index is -0.336. The normalized spacial score (nSPS) is 18.6. The summed E-state index contributed by atoms with van der Waals surface area (Å²) in [5, 5.41) is 3.46. The SMILES string of the molecule is COc1cc(C2C3=C(CCCC3=O)NC3=C2C(=O)CCC3)ccc1OCc1ccc(C)cc1. The fourth-order valence-electron chi connectivity index (χ4n) is 5.14. The van der Waals surface area contributed by atoms with Gasteiger partial charge >= 0.3 is 0 Å². The number of hydrogen-bond acceptors (Lipinski definition) is 5. The standard InChI is InChI=1S/C28H29NO4/c1-17-9-11-18(12-10-17)16-33-24-14-13-19(15-25(24)32-2)26-27-20(5-3-7-22(27)30)29-21-6-4-8-23(31)28(21)26/h9-15,26,29H,3-8,16H2,1-2H3. The lowest BCUT2D eigenvalue weighted by molar-refractivity contribution is -0.116. The van der Waals surface area contributed by atoms with E-state index in [-0.39, 0.29) is 17.5 Å². The molecule has 5 rings (SSSR count). The molecule has 0 unspecified atom stereocenters. The van der Waals surface area contributed by atoms with Crippen LogP contribution in [0.15, 0.2) is 65.0 Å². The zero-order valence-electron chi connectivity index (χ0n) is 19.2. The summed E-state index contributed by atoms with van der Waals surface area (Å²) in [7, 11) is 1.62. The van der Waals surface area contributed by atoms with E-state index in [9.17, 15) is 9.59 Å². The Morgan fingerprint density at radius 2 is 1.48 bits per heavy atom. The number of Topliss-reactive ketones (excluding diaryl/α,β-unsaturated/α-hetero) is 2. The Morgan fingerprint density at radius 1 is 0.848 bits per heavy atom. The summed E-state index contributed by atoms with van der Waals surface area (Å²) in [4.78, 5) is 26.0. The van der Waals surface area contributed by atoms with Crippen LogP contribution in [0.1, 0.15) is 61.1 Å². The third-order valence-electron chi connectivity index (χ3n) is 6.83. The van der Waals surface area contributed by atoms with E-state index in [2.05, 4.69) is 36.5 Å². The third kappa shape index (κ3) is 4.08. The van der Waals surface area contributed by atoms with Crippen LogP contribution in [0.25, 0.3) is 0 Å². The van der Waals surface area contributed by atoms with Gasteiger partial charge in [0.2, 0.25) is 0 Å². The molecule has 0 saturated carbocycles. The van der Waals surface area contributed by atoms with E-state index in [0.717, 1.165) is 59.4 Å². The number of carbonyl (C=O) groups is 2. The van der Waals surface area contributed by atoms with Crippen molar-refractivity contribution in [3.8, 4) is 11.5 Å². The molecule has 2 aromatic carbocycles. The Balaban J connectivity index is 1.50. The van der Waals surface area contributed by atoms with E-state index in [1.165, 1.54) is 5.56 Å². The first-order chi connectivity index (χ1) is 16.0. The van der Waals surface area contributed by atoms with Crippen LogP contribution in [-0.4, -0.2) is 18.7 Å². The maximum absolute atomic E-state index is 13.0. The smallest absolute Gasteiger partial charge is 0.161 e. The van der Waals surface area contributed by atoms with Crippen LogP contribution >= 0.6 is 0 Å². The van der Waals surface area contributed by atoms with Gasteiger partial charge in [-0.3, -0.25) is 9.59 Å². The Labute approximate surface area is 194 Å². The van der Waals surface area contributed by atoms with Crippen molar-refractivity contribution in [2.24, 2.45) is 0 Å². The Morgan fingerprint density at radius 3 is 2.09 bits per heavy atom. The van der Waals surface area contributed by atoms with Crippen molar-refractivity contribution >= 4 is 11.6 Å². The first-order valence-corrected chi connectivity index (χ1v) is 11.7. The van der Waals surface area contributed by atoms with Crippen molar-refractivity contribution in [3.05, 3.63) is 81.7 Å². The predicted octanol–water partition coefficient (Wildman–Crippen LogP) is 5.28. The molecule has 0 aromatic heterocycles. The molecule has 0 amide bonds. The molecule has 0 radical (unpaired) electrons. The summed E-state index contributed by atoms with van der Waals surface area (Å²) >= 11 is 0. The average Bonchev–Trinajstić information content (AvgIpc) is 2.83. The average molecular weight is 444 g/mol. The molecule has 5 heteroatoms. The van der Waals surface area contributed by atoms with Gasteiger partial charge in [-0.15, -0.1) is 0 Å². The van der Waals surface area contributed by atoms with Gasteiger partial charge in [-0.2, -0.15) is 0 Å². The van der Waals surface area contributed by atoms with E-state index in [1.54, 1.807) is 7.11 Å². The summed E-state index contributed by atoms with van der Waals surface area (Å²) in [5.41, 5.74) is 6.68. The van der Waals surface area contributed by atoms with Crippen molar-refractivity contribution in [2.45, 2.75) is 58.0 Å². The largest absolute Gasteiger partial charge is 0.493 e. The molecule has 2 aliphatic carbocycles. The second-order valence-corrected chi connectivity index (χ2v) is 9.08. The molecule has 0 bridgehead atoms. The summed E-state index contributed by atoms with van der Waals surface area (Å²) in [6, 6.07) is 14.0. The summed E-state index contributed by atoms with van der Waals surface area (Å²) in [6.45, 7) is 2.49. The van der Waals surface area contributed by atoms with Crippen LogP contribution in [0.4, 0.5) is 0 Å². The van der Waals surface area contributed by atoms with Crippen molar-refractivity contribution in [1.82, 2.24) is 5.32 Å². The maximum atomic E-state index is 13.0. The van der Waals surface area contributed by atoms with Crippen LogP contribution in [-0.2, 0) is 16.2 Å². The molecule has 0 atom stereocenters. The minimum absolute atomic E-state index is 0.136. The van der Waals surface area contributed by atoms with Crippen LogP contribution in [0.5, 0.6) is 11.5 Å². The summed E-state index contributed by atoms with van der Waals surface area (Å²) in [6.07, 6.45) is 4.45. The highest BCUT2D eigenvalue weighted by Gasteiger charge is 2.40. The van der Waals surface area contributed by atoms with Crippen molar-refractivity contribution in [1.29, 1.82) is 0 Å². The Bertz CT molecular complexity index is 1130. The van der Waals surface area contributed by atoms with E-state index in [0.29, 0.717) is 30.9 Å². The number of allylic oxidation sites excluding steroid dienone is 4. The molecule has 170 valence electrons. The molecule has 1 heterocycles. The highest BCUT2D eigenvalue weighted by atomic mass is 16.5. The van der Waals surface area contributed by atoms with Gasteiger partial charge in [-0.1, -0.05) is 35.9 Å². The number of methoxy groups -OCH3 is 1. The number of carbonyl (C=O) groups excluding carboxylic acids is 2. The van der Waals surface area contributed by atoms with Gasteiger partial charge in [0.1, 0.15) is 6.61 Å². The van der Waals surface area contributed by atoms with Crippen LogP contribution in [0.3, 0.4) is 0 Å². The lowest BCUT2D eigenvalue weighted by Gasteiger charge is -2.37. The molecule has 1 aliphatic heterocycles. The van der Waals surface area contributed by atoms with E-state index >= 15 is 0 Å². The summed E-state index contributed by atoms with van der Waals surface area (Å²) in [5.74, 6) is 1.18. The van der Waals surface area contributed by atoms with Crippen molar-refractivity contribution < 1.29 is 19.1 Å². The lowest BCUT2D eigenvalue weighted by atomic mass is 9.71. The van der Waals surface area contributed by atoms with Crippen LogP contribution in [0, 0.1) is 6.92 Å². The topological polar surface area (TPSA) is 64.6 Å². The second-order valence-electron chi connectivity index (χ2n) is 9.08. The van der Waals surface area contributed by atoms with Crippen LogP contribution < -0.4 is 14.8 Å². The van der Waals surface area contributed by atoms with E-state index < -0.39 is 0 Å². The zero-order chi connectivity index (χ0) is 22.9. The highest BCUT2D eigenvalue weighted by Crippen LogP contribution is 2.46. The number of rotatable bonds is 5. The number of ketones is 2. The number of hydrogen-bond donors (Lipinski definition) is 1. The van der Waals surface area contributed by atoms with Crippen LogP contribution in [0.2, 0.25) is 0 Å². The third-order valence-corrected chi connectivity index (χ3v) is 6.83. The highest BCUT2D eigenvalue weighted by molar-refractivity contribution is 6.06. The fourth-order valence-corrected chi connectivity index (χ4v) is 5.14. The van der Waals surface area contributed by atoms with Gasteiger partial charge < -0.3 is 14.8 Å².